The minimum absolute atomic E-state index is 0.585. The molecule has 0 fully saturated rings. The Labute approximate surface area is 82.2 Å². The highest BCUT2D eigenvalue weighted by Gasteiger charge is 2.04. The molecule has 1 radical (unpaired) electrons. The Morgan fingerprint density at radius 2 is 1.46 bits per heavy atom. The number of allylic oxidation sites excluding steroid dienone is 2. The van der Waals surface area contributed by atoms with Crippen LogP contribution in [0.3, 0.4) is 0 Å². The zero-order valence-electron chi connectivity index (χ0n) is 8.20. The van der Waals surface area contributed by atoms with E-state index >= 15 is 0 Å². The summed E-state index contributed by atoms with van der Waals surface area (Å²) < 4.78 is 0. The van der Waals surface area contributed by atoms with Crippen molar-refractivity contribution in [3.63, 3.8) is 0 Å². The molecule has 0 aromatic heterocycles. The van der Waals surface area contributed by atoms with Crippen LogP contribution in [0.25, 0.3) is 0 Å². The number of rotatable bonds is 3. The summed E-state index contributed by atoms with van der Waals surface area (Å²) in [5, 5.41) is 1.45. The summed E-state index contributed by atoms with van der Waals surface area (Å²) in [7, 11) is -0.585. The van der Waals surface area contributed by atoms with Crippen molar-refractivity contribution in [2.24, 2.45) is 0 Å². The highest BCUT2D eigenvalue weighted by Crippen LogP contribution is 1.92. The Kier molecular flexibility index (Phi) is 4.26. The van der Waals surface area contributed by atoms with Gasteiger partial charge in [0.05, 0.1) is 0 Å². The van der Waals surface area contributed by atoms with Gasteiger partial charge in [-0.15, -0.1) is 0 Å². The predicted octanol–water partition coefficient (Wildman–Crippen LogP) is 2.62. The Morgan fingerprint density at radius 1 is 0.923 bits per heavy atom. The van der Waals surface area contributed by atoms with E-state index in [0.29, 0.717) is 0 Å². The Hall–Kier alpha value is -1.08. The van der Waals surface area contributed by atoms with Crippen LogP contribution in [0, 0.1) is 0 Å². The van der Waals surface area contributed by atoms with Gasteiger partial charge in [0, 0.05) is 0 Å². The number of benzene rings is 1. The van der Waals surface area contributed by atoms with E-state index in [2.05, 4.69) is 67.7 Å². The molecular weight excluding hydrogens is 172 g/mol. The highest BCUT2D eigenvalue weighted by atomic mass is 28.3. The third-order valence-corrected chi connectivity index (χ3v) is 4.18. The van der Waals surface area contributed by atoms with Gasteiger partial charge < -0.3 is 0 Å². The SMILES string of the molecule is C/C=C\[Si](/C=C\C)c1ccccc1. The molecular formula is C12H15Si. The van der Waals surface area contributed by atoms with E-state index in [4.69, 9.17) is 0 Å². The van der Waals surface area contributed by atoms with Crippen molar-refractivity contribution in [1.29, 1.82) is 0 Å². The molecule has 0 amide bonds. The third kappa shape index (κ3) is 3.03. The first-order valence-corrected chi connectivity index (χ1v) is 6.21. The smallest absolute Gasteiger partial charge is 0.0950 e. The maximum atomic E-state index is 2.31. The minimum atomic E-state index is -0.585. The van der Waals surface area contributed by atoms with E-state index < -0.39 is 8.80 Å². The molecule has 0 aliphatic rings. The van der Waals surface area contributed by atoms with Gasteiger partial charge in [0.15, 0.2) is 0 Å². The van der Waals surface area contributed by atoms with Gasteiger partial charge in [0.2, 0.25) is 0 Å². The van der Waals surface area contributed by atoms with E-state index in [1.807, 2.05) is 0 Å². The van der Waals surface area contributed by atoms with Gasteiger partial charge in [-0.3, -0.25) is 0 Å². The van der Waals surface area contributed by atoms with Gasteiger partial charge >= 0.3 is 0 Å². The van der Waals surface area contributed by atoms with Gasteiger partial charge in [0.25, 0.3) is 0 Å². The molecule has 0 aliphatic heterocycles. The second kappa shape index (κ2) is 5.54. The quantitative estimate of drug-likeness (QED) is 0.638. The van der Waals surface area contributed by atoms with E-state index in [1.165, 1.54) is 5.19 Å². The van der Waals surface area contributed by atoms with Crippen molar-refractivity contribution in [3.8, 4) is 0 Å². The second-order valence-corrected chi connectivity index (χ2v) is 4.98. The Balaban J connectivity index is 2.88. The van der Waals surface area contributed by atoms with Crippen LogP contribution in [0.4, 0.5) is 0 Å². The molecule has 0 aliphatic carbocycles. The summed E-state index contributed by atoms with van der Waals surface area (Å²) in [6.45, 7) is 4.16. The summed E-state index contributed by atoms with van der Waals surface area (Å²) in [6, 6.07) is 10.7. The average Bonchev–Trinajstić information content (AvgIpc) is 2.19. The molecule has 0 spiro atoms. The largest absolute Gasteiger partial charge is 0.138 e. The first kappa shape index (κ1) is 10.0. The molecule has 67 valence electrons. The molecule has 0 saturated carbocycles. The van der Waals surface area contributed by atoms with Crippen molar-refractivity contribution < 1.29 is 0 Å². The lowest BCUT2D eigenvalue weighted by Crippen LogP contribution is -2.25. The third-order valence-electron chi connectivity index (χ3n) is 1.80. The molecule has 1 heteroatoms. The average molecular weight is 187 g/mol. The van der Waals surface area contributed by atoms with Crippen molar-refractivity contribution in [1.82, 2.24) is 0 Å². The van der Waals surface area contributed by atoms with Gasteiger partial charge in [-0.1, -0.05) is 59.1 Å². The van der Waals surface area contributed by atoms with E-state index in [9.17, 15) is 0 Å². The molecule has 0 atom stereocenters. The first-order chi connectivity index (χ1) is 6.38. The highest BCUT2D eigenvalue weighted by molar-refractivity contribution is 6.82. The van der Waals surface area contributed by atoms with Crippen LogP contribution in [-0.2, 0) is 0 Å². The Morgan fingerprint density at radius 3 is 1.92 bits per heavy atom. The molecule has 0 saturated heterocycles. The minimum Gasteiger partial charge on any atom is -0.0950 e. The van der Waals surface area contributed by atoms with Crippen LogP contribution in [-0.4, -0.2) is 8.80 Å². The summed E-state index contributed by atoms with van der Waals surface area (Å²) in [5.74, 6) is 0. The van der Waals surface area contributed by atoms with Gasteiger partial charge in [-0.05, 0) is 13.8 Å². The molecule has 1 rings (SSSR count). The fourth-order valence-electron chi connectivity index (χ4n) is 1.24. The predicted molar refractivity (Wildman–Crippen MR) is 61.5 cm³/mol. The molecule has 0 N–H and O–H groups in total. The van der Waals surface area contributed by atoms with Crippen LogP contribution in [0.5, 0.6) is 0 Å². The maximum absolute atomic E-state index is 2.31. The van der Waals surface area contributed by atoms with Gasteiger partial charge in [-0.25, -0.2) is 0 Å². The molecule has 1 aromatic rings. The van der Waals surface area contributed by atoms with Crippen LogP contribution < -0.4 is 5.19 Å². The van der Waals surface area contributed by atoms with Gasteiger partial charge in [0.1, 0.15) is 8.80 Å². The lowest BCUT2D eigenvalue weighted by molar-refractivity contribution is 1.72. The lowest BCUT2D eigenvalue weighted by atomic mass is 10.4. The van der Waals surface area contributed by atoms with Crippen LogP contribution in [0.1, 0.15) is 13.8 Å². The summed E-state index contributed by atoms with van der Waals surface area (Å²) >= 11 is 0. The maximum Gasteiger partial charge on any atom is 0.138 e. The lowest BCUT2D eigenvalue weighted by Gasteiger charge is -2.04. The molecule has 0 nitrogen and oxygen atoms in total. The first-order valence-electron chi connectivity index (χ1n) is 4.56. The number of hydrogen-bond donors (Lipinski definition) is 0. The molecule has 0 unspecified atom stereocenters. The summed E-state index contributed by atoms with van der Waals surface area (Å²) in [4.78, 5) is 0. The standard InChI is InChI=1S/C12H15Si/c1-3-10-13(11-4-2)12-8-6-5-7-9-12/h3-11H,1-2H3/b10-3-,11-4-. The number of hydrogen-bond acceptors (Lipinski definition) is 0. The molecule has 0 bridgehead atoms. The van der Waals surface area contributed by atoms with Crippen molar-refractivity contribution in [2.75, 3.05) is 0 Å². The van der Waals surface area contributed by atoms with Crippen molar-refractivity contribution >= 4 is 14.0 Å². The summed E-state index contributed by atoms with van der Waals surface area (Å²) in [5.41, 5.74) is 4.61. The monoisotopic (exact) mass is 187 g/mol. The van der Waals surface area contributed by atoms with Crippen LogP contribution in [0.15, 0.2) is 53.9 Å². The fourth-order valence-corrected chi connectivity index (χ4v) is 3.03. The van der Waals surface area contributed by atoms with Crippen molar-refractivity contribution in [3.05, 3.63) is 53.9 Å². The molecule has 0 heterocycles. The van der Waals surface area contributed by atoms with E-state index in [-0.39, 0.29) is 0 Å². The zero-order chi connectivity index (χ0) is 9.52. The normalized spacial score (nSPS) is 11.9. The van der Waals surface area contributed by atoms with Crippen LogP contribution in [0.2, 0.25) is 0 Å². The Bertz CT molecular complexity index is 273. The topological polar surface area (TPSA) is 0 Å². The molecule has 1 aromatic carbocycles. The zero-order valence-corrected chi connectivity index (χ0v) is 9.20. The molecule has 13 heavy (non-hydrogen) atoms. The van der Waals surface area contributed by atoms with Crippen molar-refractivity contribution in [2.45, 2.75) is 13.8 Å². The van der Waals surface area contributed by atoms with Gasteiger partial charge in [-0.2, -0.15) is 0 Å². The van der Waals surface area contributed by atoms with Crippen LogP contribution >= 0.6 is 0 Å². The fraction of sp³-hybridized carbons (Fsp3) is 0.167. The second-order valence-electron chi connectivity index (χ2n) is 2.82. The van der Waals surface area contributed by atoms with E-state index in [0.717, 1.165) is 0 Å². The summed E-state index contributed by atoms with van der Waals surface area (Å²) in [6.07, 6.45) is 4.28. The van der Waals surface area contributed by atoms with E-state index in [1.54, 1.807) is 0 Å².